The zero-order valence-electron chi connectivity index (χ0n) is 11.9. The van der Waals surface area contributed by atoms with Crippen LogP contribution >= 0.6 is 0 Å². The summed E-state index contributed by atoms with van der Waals surface area (Å²) in [6.07, 6.45) is 0.191. The predicted molar refractivity (Wildman–Crippen MR) is 73.9 cm³/mol. The van der Waals surface area contributed by atoms with Crippen LogP contribution < -0.4 is 9.88 Å². The average molecular weight is 310 g/mol. The number of nitrogens with one attached hydrogen (secondary N) is 1. The smallest absolute Gasteiger partial charge is 0.310 e. The fourth-order valence-electron chi connectivity index (χ4n) is 1.75. The number of alkyl halides is 3. The molecule has 0 saturated carbocycles. The number of carbonyl (C=O) groups excluding carboxylic acids is 1. The van der Waals surface area contributed by atoms with Gasteiger partial charge in [0.15, 0.2) is 18.9 Å². The highest BCUT2D eigenvalue weighted by Gasteiger charge is 2.30. The van der Waals surface area contributed by atoms with E-state index in [9.17, 15) is 18.0 Å². The first-order valence-electron chi connectivity index (χ1n) is 6.63. The molecule has 2 aromatic heterocycles. The highest BCUT2D eigenvalue weighted by molar-refractivity contribution is 5.89. The highest BCUT2D eigenvalue weighted by atomic mass is 19.4. The zero-order chi connectivity index (χ0) is 16.2. The molecule has 116 valence electrons. The van der Waals surface area contributed by atoms with Crippen LogP contribution in [0.3, 0.4) is 0 Å². The molecule has 0 radical (unpaired) electrons. The first-order valence-corrected chi connectivity index (χ1v) is 6.63. The number of rotatable bonds is 4. The van der Waals surface area contributed by atoms with Crippen molar-refractivity contribution in [3.05, 3.63) is 54.0 Å². The topological polar surface area (TPSA) is 45.9 Å². The van der Waals surface area contributed by atoms with E-state index in [1.165, 1.54) is 0 Å². The summed E-state index contributed by atoms with van der Waals surface area (Å²) in [4.78, 5) is 15.3. The van der Waals surface area contributed by atoms with Crippen molar-refractivity contribution in [2.45, 2.75) is 26.1 Å². The average Bonchev–Trinajstić information content (AvgIpc) is 2.46. The molecule has 0 saturated heterocycles. The molecule has 7 heteroatoms. The van der Waals surface area contributed by atoms with Gasteiger partial charge in [0.1, 0.15) is 5.82 Å². The second-order valence-electron chi connectivity index (χ2n) is 4.84. The largest absolute Gasteiger partial charge is 0.417 e. The lowest BCUT2D eigenvalue weighted by atomic mass is 10.2. The van der Waals surface area contributed by atoms with E-state index >= 15 is 0 Å². The number of nitrogens with zero attached hydrogens (tertiary/aromatic N) is 2. The lowest BCUT2D eigenvalue weighted by molar-refractivity contribution is -0.695. The van der Waals surface area contributed by atoms with Crippen LogP contribution in [-0.2, 0) is 17.5 Å². The Morgan fingerprint density at radius 1 is 1.23 bits per heavy atom. The van der Waals surface area contributed by atoms with Gasteiger partial charge in [0.2, 0.25) is 5.91 Å². The summed E-state index contributed by atoms with van der Waals surface area (Å²) >= 11 is 0. The van der Waals surface area contributed by atoms with E-state index in [1.807, 2.05) is 36.0 Å². The summed E-state index contributed by atoms with van der Waals surface area (Å²) in [6.45, 7) is 2.44. The molecule has 0 fully saturated rings. The van der Waals surface area contributed by atoms with Crippen molar-refractivity contribution in [2.75, 3.05) is 5.32 Å². The van der Waals surface area contributed by atoms with E-state index in [-0.39, 0.29) is 18.1 Å². The van der Waals surface area contributed by atoms with Crippen LogP contribution in [-0.4, -0.2) is 10.9 Å². The lowest BCUT2D eigenvalue weighted by Gasteiger charge is -2.07. The molecule has 0 unspecified atom stereocenters. The Balaban J connectivity index is 1.88. The third-order valence-corrected chi connectivity index (χ3v) is 3.01. The van der Waals surface area contributed by atoms with E-state index in [1.54, 1.807) is 0 Å². The highest BCUT2D eigenvalue weighted by Crippen LogP contribution is 2.28. The Kier molecular flexibility index (Phi) is 4.75. The number of aryl methyl sites for hydroxylation is 2. The number of amides is 1. The van der Waals surface area contributed by atoms with Gasteiger partial charge in [-0.1, -0.05) is 0 Å². The molecule has 2 heterocycles. The summed E-state index contributed by atoms with van der Waals surface area (Å²) in [5.74, 6) is -0.202. The molecule has 0 bridgehead atoms. The second-order valence-corrected chi connectivity index (χ2v) is 4.84. The van der Waals surface area contributed by atoms with Gasteiger partial charge in [-0.15, -0.1) is 0 Å². The molecule has 0 spiro atoms. The number of pyridine rings is 2. The van der Waals surface area contributed by atoms with E-state index in [4.69, 9.17) is 0 Å². The summed E-state index contributed by atoms with van der Waals surface area (Å²) in [5.41, 5.74) is 0.273. The van der Waals surface area contributed by atoms with Crippen LogP contribution in [0.4, 0.5) is 19.0 Å². The Hall–Kier alpha value is -2.44. The molecule has 0 aliphatic rings. The molecular weight excluding hydrogens is 295 g/mol. The van der Waals surface area contributed by atoms with Gasteiger partial charge in [-0.3, -0.25) is 4.79 Å². The standard InChI is InChI=1S/C15H14F3N3O/c1-11-4-7-21(8-5-11)9-6-14(22)20-13-3-2-12(10-19-13)15(16,17)18/h2-5,7-8,10H,6,9H2,1H3/p+1. The number of hydrogen-bond donors (Lipinski definition) is 1. The maximum atomic E-state index is 12.4. The van der Waals surface area contributed by atoms with Gasteiger partial charge in [-0.2, -0.15) is 13.2 Å². The molecule has 0 aliphatic carbocycles. The van der Waals surface area contributed by atoms with Crippen LogP contribution in [0.1, 0.15) is 17.5 Å². The Bertz CT molecular complexity index is 637. The second kappa shape index (κ2) is 6.55. The number of aromatic nitrogens is 2. The van der Waals surface area contributed by atoms with Crippen molar-refractivity contribution in [1.82, 2.24) is 4.98 Å². The van der Waals surface area contributed by atoms with Crippen molar-refractivity contribution in [3.8, 4) is 0 Å². The van der Waals surface area contributed by atoms with Gasteiger partial charge in [-0.25, -0.2) is 9.55 Å². The van der Waals surface area contributed by atoms with Crippen LogP contribution in [0.5, 0.6) is 0 Å². The Morgan fingerprint density at radius 3 is 2.45 bits per heavy atom. The lowest BCUT2D eigenvalue weighted by Crippen LogP contribution is -2.34. The minimum Gasteiger partial charge on any atom is -0.310 e. The van der Waals surface area contributed by atoms with Gasteiger partial charge in [0, 0.05) is 18.3 Å². The Morgan fingerprint density at radius 2 is 1.91 bits per heavy atom. The van der Waals surface area contributed by atoms with Crippen LogP contribution in [0.15, 0.2) is 42.9 Å². The molecule has 1 amide bonds. The predicted octanol–water partition coefficient (Wildman–Crippen LogP) is 2.73. The van der Waals surface area contributed by atoms with Crippen LogP contribution in [0, 0.1) is 6.92 Å². The molecule has 2 rings (SSSR count). The van der Waals surface area contributed by atoms with Crippen molar-refractivity contribution < 1.29 is 22.5 Å². The molecule has 0 aliphatic heterocycles. The first kappa shape index (κ1) is 15.9. The summed E-state index contributed by atoms with van der Waals surface area (Å²) < 4.78 is 39.0. The van der Waals surface area contributed by atoms with E-state index in [0.717, 1.165) is 17.7 Å². The normalized spacial score (nSPS) is 11.3. The monoisotopic (exact) mass is 310 g/mol. The molecule has 22 heavy (non-hydrogen) atoms. The maximum absolute atomic E-state index is 12.4. The zero-order valence-corrected chi connectivity index (χ0v) is 11.9. The number of hydrogen-bond acceptors (Lipinski definition) is 2. The van der Waals surface area contributed by atoms with Crippen molar-refractivity contribution >= 4 is 11.7 Å². The van der Waals surface area contributed by atoms with E-state index < -0.39 is 11.7 Å². The third kappa shape index (κ3) is 4.54. The minimum atomic E-state index is -4.43. The third-order valence-electron chi connectivity index (χ3n) is 3.01. The number of halogens is 3. The molecule has 0 aromatic carbocycles. The molecule has 0 atom stereocenters. The first-order chi connectivity index (χ1) is 10.3. The van der Waals surface area contributed by atoms with Crippen molar-refractivity contribution in [3.63, 3.8) is 0 Å². The van der Waals surface area contributed by atoms with Gasteiger partial charge >= 0.3 is 6.18 Å². The summed E-state index contributed by atoms with van der Waals surface area (Å²) in [7, 11) is 0. The fraction of sp³-hybridized carbons (Fsp3) is 0.267. The van der Waals surface area contributed by atoms with Gasteiger partial charge in [-0.05, 0) is 24.6 Å². The van der Waals surface area contributed by atoms with E-state index in [2.05, 4.69) is 10.3 Å². The Labute approximate surface area is 125 Å². The van der Waals surface area contributed by atoms with Gasteiger partial charge in [0.05, 0.1) is 12.0 Å². The van der Waals surface area contributed by atoms with Crippen molar-refractivity contribution in [2.24, 2.45) is 0 Å². The van der Waals surface area contributed by atoms with Gasteiger partial charge in [0.25, 0.3) is 0 Å². The minimum absolute atomic E-state index is 0.104. The molecule has 4 nitrogen and oxygen atoms in total. The molecular formula is C15H15F3N3O+. The summed E-state index contributed by atoms with van der Waals surface area (Å²) in [5, 5.41) is 2.47. The number of carbonyl (C=O) groups is 1. The van der Waals surface area contributed by atoms with Gasteiger partial charge < -0.3 is 5.32 Å². The number of anilines is 1. The maximum Gasteiger partial charge on any atom is 0.417 e. The SMILES string of the molecule is Cc1cc[n+](CCC(=O)Nc2ccc(C(F)(F)F)cn2)cc1. The van der Waals surface area contributed by atoms with E-state index in [0.29, 0.717) is 12.7 Å². The van der Waals surface area contributed by atoms with Crippen LogP contribution in [0.2, 0.25) is 0 Å². The quantitative estimate of drug-likeness (QED) is 0.883. The summed E-state index contributed by atoms with van der Waals surface area (Å²) in [6, 6.07) is 5.88. The molecule has 1 N–H and O–H groups in total. The molecule has 2 aromatic rings. The van der Waals surface area contributed by atoms with Crippen LogP contribution in [0.25, 0.3) is 0 Å². The van der Waals surface area contributed by atoms with Crippen molar-refractivity contribution in [1.29, 1.82) is 0 Å². The fourth-order valence-corrected chi connectivity index (χ4v) is 1.75.